The quantitative estimate of drug-likeness (QED) is 0.483. The lowest BCUT2D eigenvalue weighted by molar-refractivity contribution is -0.135. The summed E-state index contributed by atoms with van der Waals surface area (Å²) in [4.78, 5) is 10.5. The van der Waals surface area contributed by atoms with Crippen molar-refractivity contribution in [3.63, 3.8) is 0 Å². The van der Waals surface area contributed by atoms with Gasteiger partial charge in [-0.1, -0.05) is 20.8 Å². The van der Waals surface area contributed by atoms with Crippen LogP contribution in [0.5, 0.6) is 0 Å². The number of halogens is 2. The van der Waals surface area contributed by atoms with Crippen LogP contribution in [0.3, 0.4) is 0 Å². The second-order valence-corrected chi connectivity index (χ2v) is 13.3. The Hall–Kier alpha value is 0.347. The van der Waals surface area contributed by atoms with E-state index in [1.807, 2.05) is 6.92 Å². The summed E-state index contributed by atoms with van der Waals surface area (Å²) in [5.41, 5.74) is 0. The van der Waals surface area contributed by atoms with Gasteiger partial charge in [-0.2, -0.15) is 0 Å². The first-order chi connectivity index (χ1) is 8.01. The topological polar surface area (TPSA) is 35.5 Å². The van der Waals surface area contributed by atoms with Crippen LogP contribution in [0.2, 0.25) is 18.1 Å². The normalized spacial score (nSPS) is 15.8. The van der Waals surface area contributed by atoms with Gasteiger partial charge in [-0.25, -0.2) is 0 Å². The summed E-state index contributed by atoms with van der Waals surface area (Å²) in [5.74, 6) is 0. The summed E-state index contributed by atoms with van der Waals surface area (Å²) in [7, 11) is -1.87. The van der Waals surface area contributed by atoms with Crippen LogP contribution in [0.25, 0.3) is 0 Å². The van der Waals surface area contributed by atoms with Gasteiger partial charge in [0.2, 0.25) is 0 Å². The number of ether oxygens (including phenoxy) is 1. The molecule has 0 aliphatic heterocycles. The van der Waals surface area contributed by atoms with Crippen LogP contribution in [0, 0.1) is 0 Å². The molecule has 0 heterocycles. The minimum Gasteiger partial charge on any atom is -0.458 e. The van der Waals surface area contributed by atoms with Crippen LogP contribution < -0.4 is 0 Å². The molecular weight excluding hydrogens is 380 g/mol. The van der Waals surface area contributed by atoms with E-state index >= 15 is 0 Å². The van der Waals surface area contributed by atoms with E-state index in [9.17, 15) is 4.79 Å². The van der Waals surface area contributed by atoms with Crippen LogP contribution in [-0.2, 0) is 14.0 Å². The average Bonchev–Trinajstić information content (AvgIpc) is 2.13. The minimum absolute atomic E-state index is 0.127. The van der Waals surface area contributed by atoms with E-state index in [4.69, 9.17) is 9.16 Å². The molecule has 0 aromatic rings. The summed E-state index contributed by atoms with van der Waals surface area (Å²) < 4.78 is 12.0. The molecule has 0 spiro atoms. The Morgan fingerprint density at radius 2 is 1.78 bits per heavy atom. The number of carbonyl (C=O) groups excluding carboxylic acids is 1. The Balaban J connectivity index is 4.85. The summed E-state index contributed by atoms with van der Waals surface area (Å²) in [6.07, 6.45) is 1.19. The molecule has 106 valence electrons. The molecule has 2 atom stereocenters. The van der Waals surface area contributed by atoms with E-state index in [1.165, 1.54) is 0 Å². The summed E-state index contributed by atoms with van der Waals surface area (Å²) in [6.45, 7) is 13.3. The van der Waals surface area contributed by atoms with E-state index in [2.05, 4.69) is 65.7 Å². The Morgan fingerprint density at radius 1 is 1.28 bits per heavy atom. The van der Waals surface area contributed by atoms with E-state index in [-0.39, 0.29) is 11.1 Å². The van der Waals surface area contributed by atoms with Crippen molar-refractivity contribution in [3.05, 3.63) is 9.47 Å². The largest absolute Gasteiger partial charge is 0.458 e. The molecule has 0 bridgehead atoms. The third kappa shape index (κ3) is 5.99. The predicted octanol–water partition coefficient (Wildman–Crippen LogP) is 4.57. The van der Waals surface area contributed by atoms with Crippen LogP contribution in [0.4, 0.5) is 0 Å². The third-order valence-electron chi connectivity index (χ3n) is 3.25. The molecule has 0 saturated heterocycles. The molecule has 3 nitrogen and oxygen atoms in total. The monoisotopic (exact) mass is 400 g/mol. The second-order valence-electron chi connectivity index (χ2n) is 5.74. The number of hydrogen-bond donors (Lipinski definition) is 0. The SMILES string of the molecule is C[C@H](O[Si](C)(C)C(C)(C)C)[C@@H](C=C(Br)Br)OC=O. The van der Waals surface area contributed by atoms with Crippen molar-refractivity contribution in [1.29, 1.82) is 0 Å². The Kier molecular flexibility index (Phi) is 7.35. The van der Waals surface area contributed by atoms with Gasteiger partial charge in [0.1, 0.15) is 6.10 Å². The van der Waals surface area contributed by atoms with Crippen LogP contribution >= 0.6 is 31.9 Å². The number of hydrogen-bond acceptors (Lipinski definition) is 3. The highest BCUT2D eigenvalue weighted by Gasteiger charge is 2.39. The zero-order valence-corrected chi connectivity index (χ0v) is 16.0. The molecule has 6 heteroatoms. The van der Waals surface area contributed by atoms with Crippen molar-refractivity contribution < 1.29 is 14.0 Å². The fraction of sp³-hybridized carbons (Fsp3) is 0.750. The molecule has 0 rings (SSSR count). The van der Waals surface area contributed by atoms with Gasteiger partial charge in [0.05, 0.1) is 9.50 Å². The van der Waals surface area contributed by atoms with Gasteiger partial charge in [-0.3, -0.25) is 4.79 Å². The number of carbonyl (C=O) groups is 1. The van der Waals surface area contributed by atoms with Crippen molar-refractivity contribution >= 4 is 46.6 Å². The molecule has 18 heavy (non-hydrogen) atoms. The van der Waals surface area contributed by atoms with Crippen molar-refractivity contribution in [3.8, 4) is 0 Å². The minimum atomic E-state index is -1.87. The van der Waals surface area contributed by atoms with Crippen molar-refractivity contribution in [2.45, 2.75) is 58.0 Å². The highest BCUT2D eigenvalue weighted by atomic mass is 79.9. The Morgan fingerprint density at radius 3 is 2.11 bits per heavy atom. The molecule has 0 amide bonds. The first-order valence-electron chi connectivity index (χ1n) is 5.81. The highest BCUT2D eigenvalue weighted by Crippen LogP contribution is 2.37. The van der Waals surface area contributed by atoms with E-state index < -0.39 is 14.4 Å². The third-order valence-corrected chi connectivity index (χ3v) is 8.35. The molecule has 0 aromatic heterocycles. The predicted molar refractivity (Wildman–Crippen MR) is 84.6 cm³/mol. The van der Waals surface area contributed by atoms with Crippen molar-refractivity contribution in [2.24, 2.45) is 0 Å². The van der Waals surface area contributed by atoms with Gasteiger partial charge in [-0.15, -0.1) is 0 Å². The van der Waals surface area contributed by atoms with Gasteiger partial charge >= 0.3 is 0 Å². The smallest absolute Gasteiger partial charge is 0.293 e. The standard InChI is InChI=1S/C12H22Br2O3Si/c1-9(10(16-8-15)7-11(13)14)17-18(5,6)12(2,3)4/h7-10H,1-6H3/t9-,10+/m0/s1. The van der Waals surface area contributed by atoms with E-state index in [0.717, 1.165) is 3.39 Å². The van der Waals surface area contributed by atoms with Gasteiger partial charge in [-0.05, 0) is 63.0 Å². The maximum atomic E-state index is 10.5. The first-order valence-corrected chi connectivity index (χ1v) is 10.3. The zero-order valence-electron chi connectivity index (χ0n) is 11.8. The highest BCUT2D eigenvalue weighted by molar-refractivity contribution is 9.28. The van der Waals surface area contributed by atoms with Crippen LogP contribution in [0.15, 0.2) is 9.47 Å². The first kappa shape index (κ1) is 18.3. The van der Waals surface area contributed by atoms with Gasteiger partial charge < -0.3 is 9.16 Å². The zero-order chi connectivity index (χ0) is 14.6. The molecule has 0 N–H and O–H groups in total. The molecule has 0 unspecified atom stereocenters. The molecule has 0 aromatic carbocycles. The Bertz CT molecular complexity index is 307. The van der Waals surface area contributed by atoms with E-state index in [0.29, 0.717) is 6.47 Å². The summed E-state index contributed by atoms with van der Waals surface area (Å²) in [6, 6.07) is 0. The summed E-state index contributed by atoms with van der Waals surface area (Å²) >= 11 is 6.54. The molecule has 0 aliphatic carbocycles. The maximum Gasteiger partial charge on any atom is 0.293 e. The molecule has 0 radical (unpaired) electrons. The lowest BCUT2D eigenvalue weighted by atomic mass is 10.2. The molecule has 0 saturated carbocycles. The summed E-state index contributed by atoms with van der Waals surface area (Å²) in [5, 5.41) is 0.127. The van der Waals surface area contributed by atoms with Crippen molar-refractivity contribution in [2.75, 3.05) is 0 Å². The number of rotatable bonds is 6. The van der Waals surface area contributed by atoms with Gasteiger partial charge in [0.15, 0.2) is 8.32 Å². The fourth-order valence-electron chi connectivity index (χ4n) is 1.18. The molecule has 0 fully saturated rings. The molecule has 0 aliphatic rings. The fourth-order valence-corrected chi connectivity index (χ4v) is 3.12. The van der Waals surface area contributed by atoms with Gasteiger partial charge in [0, 0.05) is 0 Å². The average molecular weight is 402 g/mol. The maximum absolute atomic E-state index is 10.5. The second kappa shape index (κ2) is 7.22. The van der Waals surface area contributed by atoms with Crippen molar-refractivity contribution in [1.82, 2.24) is 0 Å². The van der Waals surface area contributed by atoms with Crippen LogP contribution in [-0.4, -0.2) is 27.0 Å². The van der Waals surface area contributed by atoms with E-state index in [1.54, 1.807) is 6.08 Å². The van der Waals surface area contributed by atoms with Crippen LogP contribution in [0.1, 0.15) is 27.7 Å². The van der Waals surface area contributed by atoms with Gasteiger partial charge in [0.25, 0.3) is 6.47 Å². The lowest BCUT2D eigenvalue weighted by Crippen LogP contribution is -2.46. The Labute approximate surface area is 128 Å². The lowest BCUT2D eigenvalue weighted by Gasteiger charge is -2.39. The molecular formula is C12H22Br2O3Si.